The van der Waals surface area contributed by atoms with E-state index in [0.29, 0.717) is 6.04 Å². The maximum Gasteiger partial charge on any atom is 0.183 e. The van der Waals surface area contributed by atoms with Crippen LogP contribution in [0.5, 0.6) is 0 Å². The molecular weight excluding hydrogens is 288 g/mol. The third kappa shape index (κ3) is 3.77. The van der Waals surface area contributed by atoms with E-state index in [2.05, 4.69) is 55.4 Å². The van der Waals surface area contributed by atoms with Crippen molar-refractivity contribution < 1.29 is 0 Å². The van der Waals surface area contributed by atoms with Crippen molar-refractivity contribution in [2.75, 3.05) is 19.4 Å². The van der Waals surface area contributed by atoms with Gasteiger partial charge in [-0.2, -0.15) is 0 Å². The SMILES string of the molecule is CCc1nc(CN(C)C)sc1-c1csc(NC(C)C)n1. The van der Waals surface area contributed by atoms with Crippen LogP contribution in [0.1, 0.15) is 31.5 Å². The van der Waals surface area contributed by atoms with E-state index in [-0.39, 0.29) is 0 Å². The number of nitrogens with zero attached hydrogens (tertiary/aromatic N) is 3. The molecule has 0 saturated carbocycles. The maximum atomic E-state index is 4.74. The first-order valence-corrected chi connectivity index (χ1v) is 8.55. The topological polar surface area (TPSA) is 41.1 Å². The first-order chi connectivity index (χ1) is 9.49. The first kappa shape index (κ1) is 15.4. The number of rotatable bonds is 6. The lowest BCUT2D eigenvalue weighted by atomic mass is 10.2. The predicted molar refractivity (Wildman–Crippen MR) is 88.7 cm³/mol. The molecule has 4 nitrogen and oxygen atoms in total. The molecule has 0 aliphatic heterocycles. The molecule has 0 radical (unpaired) electrons. The molecule has 2 aromatic heterocycles. The summed E-state index contributed by atoms with van der Waals surface area (Å²) in [5.74, 6) is 0. The molecule has 0 aromatic carbocycles. The normalized spacial score (nSPS) is 11.6. The van der Waals surface area contributed by atoms with Gasteiger partial charge in [0.15, 0.2) is 5.13 Å². The summed E-state index contributed by atoms with van der Waals surface area (Å²) < 4.78 is 0. The molecule has 0 saturated heterocycles. The Morgan fingerprint density at radius 1 is 1.30 bits per heavy atom. The second-order valence-electron chi connectivity index (χ2n) is 5.31. The van der Waals surface area contributed by atoms with Gasteiger partial charge in [0.1, 0.15) is 5.01 Å². The molecule has 6 heteroatoms. The molecule has 0 bridgehead atoms. The summed E-state index contributed by atoms with van der Waals surface area (Å²) in [7, 11) is 4.14. The summed E-state index contributed by atoms with van der Waals surface area (Å²) >= 11 is 3.42. The summed E-state index contributed by atoms with van der Waals surface area (Å²) in [5, 5.41) is 7.62. The van der Waals surface area contributed by atoms with E-state index in [1.807, 2.05) is 0 Å². The van der Waals surface area contributed by atoms with Crippen LogP contribution in [0, 0.1) is 0 Å². The van der Waals surface area contributed by atoms with Gasteiger partial charge in [0.2, 0.25) is 0 Å². The Kier molecular flexibility index (Phi) is 5.12. The highest BCUT2D eigenvalue weighted by molar-refractivity contribution is 7.16. The van der Waals surface area contributed by atoms with Crippen LogP contribution >= 0.6 is 22.7 Å². The Hall–Kier alpha value is -0.980. The Labute approximate surface area is 128 Å². The number of nitrogens with one attached hydrogen (secondary N) is 1. The van der Waals surface area contributed by atoms with E-state index in [1.165, 1.54) is 4.88 Å². The third-order valence-electron chi connectivity index (χ3n) is 2.68. The van der Waals surface area contributed by atoms with Crippen LogP contribution in [0.4, 0.5) is 5.13 Å². The lowest BCUT2D eigenvalue weighted by Crippen LogP contribution is -2.10. The van der Waals surface area contributed by atoms with E-state index >= 15 is 0 Å². The van der Waals surface area contributed by atoms with E-state index in [9.17, 15) is 0 Å². The van der Waals surface area contributed by atoms with Gasteiger partial charge in [0, 0.05) is 18.0 Å². The van der Waals surface area contributed by atoms with Gasteiger partial charge in [-0.3, -0.25) is 0 Å². The van der Waals surface area contributed by atoms with Crippen molar-refractivity contribution in [3.63, 3.8) is 0 Å². The molecule has 0 spiro atoms. The van der Waals surface area contributed by atoms with Gasteiger partial charge < -0.3 is 10.2 Å². The van der Waals surface area contributed by atoms with Crippen molar-refractivity contribution in [3.8, 4) is 10.6 Å². The van der Waals surface area contributed by atoms with Gasteiger partial charge in [0.05, 0.1) is 16.3 Å². The van der Waals surface area contributed by atoms with Gasteiger partial charge in [-0.1, -0.05) is 6.92 Å². The summed E-state index contributed by atoms with van der Waals surface area (Å²) in [4.78, 5) is 12.8. The fraction of sp³-hybridized carbons (Fsp3) is 0.571. The van der Waals surface area contributed by atoms with Crippen molar-refractivity contribution in [2.24, 2.45) is 0 Å². The van der Waals surface area contributed by atoms with E-state index in [0.717, 1.165) is 34.5 Å². The number of hydrogen-bond donors (Lipinski definition) is 1. The van der Waals surface area contributed by atoms with Crippen LogP contribution in [0.3, 0.4) is 0 Å². The van der Waals surface area contributed by atoms with Crippen LogP contribution in [-0.4, -0.2) is 35.0 Å². The van der Waals surface area contributed by atoms with E-state index in [4.69, 9.17) is 4.98 Å². The number of anilines is 1. The van der Waals surface area contributed by atoms with Crippen molar-refractivity contribution >= 4 is 27.8 Å². The quantitative estimate of drug-likeness (QED) is 0.883. The lowest BCUT2D eigenvalue weighted by molar-refractivity contribution is 0.401. The molecule has 1 N–H and O–H groups in total. The minimum atomic E-state index is 0.408. The smallest absolute Gasteiger partial charge is 0.183 e. The highest BCUT2D eigenvalue weighted by Gasteiger charge is 2.15. The molecule has 0 fully saturated rings. The maximum absolute atomic E-state index is 4.74. The molecule has 110 valence electrons. The number of aromatic nitrogens is 2. The Morgan fingerprint density at radius 3 is 2.65 bits per heavy atom. The van der Waals surface area contributed by atoms with E-state index < -0.39 is 0 Å². The zero-order valence-electron chi connectivity index (χ0n) is 12.7. The lowest BCUT2D eigenvalue weighted by Gasteiger charge is -2.04. The van der Waals surface area contributed by atoms with E-state index in [1.54, 1.807) is 22.7 Å². The number of hydrogen-bond acceptors (Lipinski definition) is 6. The monoisotopic (exact) mass is 310 g/mol. The Balaban J connectivity index is 2.26. The average molecular weight is 310 g/mol. The highest BCUT2D eigenvalue weighted by atomic mass is 32.1. The van der Waals surface area contributed by atoms with Crippen LogP contribution in [0.15, 0.2) is 5.38 Å². The van der Waals surface area contributed by atoms with Gasteiger partial charge in [-0.05, 0) is 34.4 Å². The summed E-state index contributed by atoms with van der Waals surface area (Å²) in [6.07, 6.45) is 0.948. The van der Waals surface area contributed by atoms with Crippen molar-refractivity contribution in [2.45, 2.75) is 39.8 Å². The van der Waals surface area contributed by atoms with Crippen LogP contribution in [-0.2, 0) is 13.0 Å². The summed E-state index contributed by atoms with van der Waals surface area (Å²) in [6, 6.07) is 0.408. The van der Waals surface area contributed by atoms with Crippen LogP contribution in [0.2, 0.25) is 0 Å². The fourth-order valence-corrected chi connectivity index (χ4v) is 4.02. The minimum Gasteiger partial charge on any atom is -0.359 e. The van der Waals surface area contributed by atoms with Crippen molar-refractivity contribution in [1.29, 1.82) is 0 Å². The fourth-order valence-electron chi connectivity index (χ4n) is 1.87. The largest absolute Gasteiger partial charge is 0.359 e. The molecule has 2 aromatic rings. The van der Waals surface area contributed by atoms with Gasteiger partial charge >= 0.3 is 0 Å². The van der Waals surface area contributed by atoms with Crippen LogP contribution in [0.25, 0.3) is 10.6 Å². The van der Waals surface area contributed by atoms with Gasteiger partial charge in [0.25, 0.3) is 0 Å². The summed E-state index contributed by atoms with van der Waals surface area (Å²) in [6.45, 7) is 7.29. The molecule has 2 heterocycles. The standard InChI is InChI=1S/C14H22N4S2/c1-6-10-13(20-12(16-10)7-18(4)5)11-8-19-14(17-11)15-9(2)3/h8-9H,6-7H2,1-5H3,(H,15,17). The molecule has 0 aliphatic carbocycles. The molecule has 0 aliphatic rings. The average Bonchev–Trinajstić information content (AvgIpc) is 2.93. The zero-order valence-corrected chi connectivity index (χ0v) is 14.4. The number of aryl methyl sites for hydroxylation is 1. The Morgan fingerprint density at radius 2 is 2.05 bits per heavy atom. The van der Waals surface area contributed by atoms with Crippen molar-refractivity contribution in [1.82, 2.24) is 14.9 Å². The van der Waals surface area contributed by atoms with Crippen molar-refractivity contribution in [3.05, 3.63) is 16.1 Å². The third-order valence-corrected chi connectivity index (χ3v) is 4.56. The molecular formula is C14H22N4S2. The molecule has 0 amide bonds. The minimum absolute atomic E-state index is 0.408. The Bertz CT molecular complexity index is 557. The van der Waals surface area contributed by atoms with Gasteiger partial charge in [-0.15, -0.1) is 22.7 Å². The molecule has 0 atom stereocenters. The second-order valence-corrected chi connectivity index (χ2v) is 7.25. The second kappa shape index (κ2) is 6.65. The molecule has 20 heavy (non-hydrogen) atoms. The first-order valence-electron chi connectivity index (χ1n) is 6.85. The highest BCUT2D eigenvalue weighted by Crippen LogP contribution is 2.33. The molecule has 2 rings (SSSR count). The predicted octanol–water partition coefficient (Wildman–Crippen LogP) is 3.71. The summed E-state index contributed by atoms with van der Waals surface area (Å²) in [5.41, 5.74) is 2.21. The van der Waals surface area contributed by atoms with Gasteiger partial charge in [-0.25, -0.2) is 9.97 Å². The number of thiazole rings is 2. The molecule has 0 unspecified atom stereocenters. The van der Waals surface area contributed by atoms with Crippen LogP contribution < -0.4 is 5.32 Å². The zero-order chi connectivity index (χ0) is 14.7.